The molecule has 0 radical (unpaired) electrons. The van der Waals surface area contributed by atoms with Crippen LogP contribution < -0.4 is 15.2 Å². The van der Waals surface area contributed by atoms with Crippen LogP contribution in [0.3, 0.4) is 0 Å². The summed E-state index contributed by atoms with van der Waals surface area (Å²) in [4.78, 5) is 4.71. The molecule has 0 saturated carbocycles. The third-order valence-electron chi connectivity index (χ3n) is 5.13. The zero-order valence-corrected chi connectivity index (χ0v) is 15.1. The number of nitrogens with zero attached hydrogens (tertiary/aromatic N) is 1. The Hall–Kier alpha value is -1.75. The van der Waals surface area contributed by atoms with E-state index in [1.54, 1.807) is 14.2 Å². The minimum Gasteiger partial charge on any atom is -0.493 e. The molecule has 2 atom stereocenters. The van der Waals surface area contributed by atoms with Crippen LogP contribution in [0.25, 0.3) is 0 Å². The predicted octanol–water partition coefficient (Wildman–Crippen LogP) is 2.91. The monoisotopic (exact) mass is 332 g/mol. The summed E-state index contributed by atoms with van der Waals surface area (Å²) in [5.74, 6) is 3.27. The molecule has 1 aliphatic carbocycles. The van der Waals surface area contributed by atoms with E-state index in [9.17, 15) is 0 Å². The van der Waals surface area contributed by atoms with Crippen LogP contribution in [-0.2, 0) is 11.2 Å². The highest BCUT2D eigenvalue weighted by Gasteiger charge is 2.35. The zero-order valence-electron chi connectivity index (χ0n) is 15.1. The van der Waals surface area contributed by atoms with Crippen molar-refractivity contribution in [3.05, 3.63) is 23.3 Å². The highest BCUT2D eigenvalue weighted by Crippen LogP contribution is 2.45. The van der Waals surface area contributed by atoms with Gasteiger partial charge in [0.15, 0.2) is 17.4 Å². The predicted molar refractivity (Wildman–Crippen MR) is 95.2 cm³/mol. The number of fused-ring (bicyclic) bond motifs is 1. The molecule has 2 aliphatic rings. The molecule has 2 N–H and O–H groups in total. The Labute approximate surface area is 144 Å². The minimum absolute atomic E-state index is 0.100. The molecule has 0 unspecified atom stereocenters. The molecule has 0 spiro atoms. The third-order valence-corrected chi connectivity index (χ3v) is 5.13. The first kappa shape index (κ1) is 17.1. The normalized spacial score (nSPS) is 24.8. The lowest BCUT2D eigenvalue weighted by molar-refractivity contribution is 0.263. The van der Waals surface area contributed by atoms with Crippen molar-refractivity contribution in [1.29, 1.82) is 0 Å². The second-order valence-electron chi connectivity index (χ2n) is 7.32. The van der Waals surface area contributed by atoms with Gasteiger partial charge in [-0.15, -0.1) is 0 Å². The third kappa shape index (κ3) is 3.09. The lowest BCUT2D eigenvalue weighted by Crippen LogP contribution is -2.29. The lowest BCUT2D eigenvalue weighted by atomic mass is 9.73. The van der Waals surface area contributed by atoms with Gasteiger partial charge in [-0.3, -0.25) is 0 Å². The molecule has 1 aromatic carbocycles. The second-order valence-corrected chi connectivity index (χ2v) is 7.32. The van der Waals surface area contributed by atoms with Crippen molar-refractivity contribution >= 4 is 5.90 Å². The van der Waals surface area contributed by atoms with Crippen LogP contribution in [0.4, 0.5) is 0 Å². The van der Waals surface area contributed by atoms with Gasteiger partial charge in [0, 0.05) is 12.0 Å². The van der Waals surface area contributed by atoms with E-state index in [-0.39, 0.29) is 5.54 Å². The fourth-order valence-electron chi connectivity index (χ4n) is 3.95. The lowest BCUT2D eigenvalue weighted by Gasteiger charge is -2.34. The molecule has 0 aromatic heterocycles. The van der Waals surface area contributed by atoms with Gasteiger partial charge in [-0.05, 0) is 56.7 Å². The van der Waals surface area contributed by atoms with Crippen molar-refractivity contribution in [2.75, 3.05) is 27.4 Å². The quantitative estimate of drug-likeness (QED) is 0.900. The summed E-state index contributed by atoms with van der Waals surface area (Å²) in [6.45, 7) is 5.50. The molecule has 1 aliphatic heterocycles. The number of rotatable bonds is 5. The number of benzene rings is 1. The maximum absolute atomic E-state index is 6.15. The van der Waals surface area contributed by atoms with E-state index in [2.05, 4.69) is 19.9 Å². The van der Waals surface area contributed by atoms with Gasteiger partial charge in [-0.2, -0.15) is 0 Å². The molecule has 132 valence electrons. The van der Waals surface area contributed by atoms with Gasteiger partial charge < -0.3 is 19.9 Å². The molecule has 1 aromatic rings. The van der Waals surface area contributed by atoms with Gasteiger partial charge in [0.1, 0.15) is 6.61 Å². The Morgan fingerprint density at radius 3 is 2.67 bits per heavy atom. The molecule has 3 rings (SSSR count). The summed E-state index contributed by atoms with van der Waals surface area (Å²) in [5, 5.41) is 0. The summed E-state index contributed by atoms with van der Waals surface area (Å²) in [7, 11) is 3.37. The summed E-state index contributed by atoms with van der Waals surface area (Å²) in [5.41, 5.74) is 8.56. The Balaban J connectivity index is 1.87. The van der Waals surface area contributed by atoms with Crippen molar-refractivity contribution in [1.82, 2.24) is 0 Å². The van der Waals surface area contributed by atoms with Crippen LogP contribution in [0.2, 0.25) is 0 Å². The summed E-state index contributed by atoms with van der Waals surface area (Å²) < 4.78 is 16.8. The van der Waals surface area contributed by atoms with Crippen molar-refractivity contribution in [3.8, 4) is 11.5 Å². The highest BCUT2D eigenvalue weighted by atomic mass is 16.5. The minimum atomic E-state index is -0.100. The second kappa shape index (κ2) is 6.63. The van der Waals surface area contributed by atoms with Crippen molar-refractivity contribution < 1.29 is 14.2 Å². The largest absolute Gasteiger partial charge is 0.493 e. The maximum atomic E-state index is 6.15. The molecule has 24 heavy (non-hydrogen) atoms. The van der Waals surface area contributed by atoms with Gasteiger partial charge in [-0.1, -0.05) is 6.07 Å². The number of hydrogen-bond acceptors (Lipinski definition) is 5. The van der Waals surface area contributed by atoms with Crippen LogP contribution in [0.5, 0.6) is 11.5 Å². The van der Waals surface area contributed by atoms with Crippen molar-refractivity contribution in [2.24, 2.45) is 16.6 Å². The van der Waals surface area contributed by atoms with Gasteiger partial charge in [0.2, 0.25) is 0 Å². The molecule has 1 heterocycles. The molecular weight excluding hydrogens is 304 g/mol. The SMILES string of the molecule is COc1ccc2c(c1OC)CC[C@H](CC1=NC(C)(C)CO1)[C@@H]2CN. The van der Waals surface area contributed by atoms with Crippen LogP contribution >= 0.6 is 0 Å². The number of hydrogen-bond donors (Lipinski definition) is 1. The van der Waals surface area contributed by atoms with E-state index in [4.69, 9.17) is 24.9 Å². The fourth-order valence-corrected chi connectivity index (χ4v) is 3.95. The first-order valence-corrected chi connectivity index (χ1v) is 8.64. The molecule has 5 heteroatoms. The van der Waals surface area contributed by atoms with Gasteiger partial charge in [-0.25, -0.2) is 4.99 Å². The van der Waals surface area contributed by atoms with Crippen LogP contribution in [0, 0.1) is 5.92 Å². The van der Waals surface area contributed by atoms with Crippen molar-refractivity contribution in [2.45, 2.75) is 44.6 Å². The van der Waals surface area contributed by atoms with E-state index in [1.807, 2.05) is 6.07 Å². The van der Waals surface area contributed by atoms with E-state index in [0.717, 1.165) is 36.7 Å². The zero-order chi connectivity index (χ0) is 17.3. The van der Waals surface area contributed by atoms with Gasteiger partial charge in [0.05, 0.1) is 19.8 Å². The number of aliphatic imine (C=N–C) groups is 1. The van der Waals surface area contributed by atoms with Crippen LogP contribution in [-0.4, -0.2) is 38.8 Å². The molecule has 5 nitrogen and oxygen atoms in total. The Morgan fingerprint density at radius 1 is 1.29 bits per heavy atom. The molecule has 0 saturated heterocycles. The van der Waals surface area contributed by atoms with Crippen molar-refractivity contribution in [3.63, 3.8) is 0 Å². The van der Waals surface area contributed by atoms with E-state index in [1.165, 1.54) is 11.1 Å². The van der Waals surface area contributed by atoms with E-state index < -0.39 is 0 Å². The standard InChI is InChI=1S/C19H28N2O3/c1-19(2)11-24-17(21-19)9-12-5-6-14-13(15(12)10-20)7-8-16(22-3)18(14)23-4/h7-8,12,15H,5-6,9-11,20H2,1-4H3/t12-,15+/m1/s1. The maximum Gasteiger partial charge on any atom is 0.184 e. The molecule has 0 amide bonds. The smallest absolute Gasteiger partial charge is 0.184 e. The summed E-state index contributed by atoms with van der Waals surface area (Å²) in [6.07, 6.45) is 2.88. The Kier molecular flexibility index (Phi) is 4.72. The number of ether oxygens (including phenoxy) is 3. The number of nitrogens with two attached hydrogens (primary N) is 1. The van der Waals surface area contributed by atoms with E-state index in [0.29, 0.717) is 25.0 Å². The Bertz CT molecular complexity index is 640. The first-order chi connectivity index (χ1) is 11.5. The molecular formula is C19H28N2O3. The first-order valence-electron chi connectivity index (χ1n) is 8.64. The van der Waals surface area contributed by atoms with Crippen LogP contribution in [0.1, 0.15) is 43.7 Å². The van der Waals surface area contributed by atoms with Gasteiger partial charge in [0.25, 0.3) is 0 Å². The topological polar surface area (TPSA) is 66.1 Å². The molecule has 0 fully saturated rings. The average molecular weight is 332 g/mol. The van der Waals surface area contributed by atoms with Gasteiger partial charge >= 0.3 is 0 Å². The summed E-state index contributed by atoms with van der Waals surface area (Å²) in [6, 6.07) is 4.12. The fraction of sp³-hybridized carbons (Fsp3) is 0.632. The summed E-state index contributed by atoms with van der Waals surface area (Å²) >= 11 is 0. The average Bonchev–Trinajstić information content (AvgIpc) is 2.91. The highest BCUT2D eigenvalue weighted by molar-refractivity contribution is 5.78. The Morgan fingerprint density at radius 2 is 2.08 bits per heavy atom. The number of methoxy groups -OCH3 is 2. The van der Waals surface area contributed by atoms with E-state index >= 15 is 0 Å². The van der Waals surface area contributed by atoms with Crippen LogP contribution in [0.15, 0.2) is 17.1 Å². The molecule has 0 bridgehead atoms.